The molecule has 6 heterocycles. The zero-order chi connectivity index (χ0) is 51.9. The number of nitrogens with one attached hydrogen (secondary N) is 4. The fraction of sp³-hybridized carbons (Fsp3) is 0.386. The van der Waals surface area contributed by atoms with Crippen LogP contribution in [0.15, 0.2) is 122 Å². The van der Waals surface area contributed by atoms with Gasteiger partial charge in [0.15, 0.2) is 0 Å². The number of morpholine rings is 2. The first-order valence-corrected chi connectivity index (χ1v) is 25.1. The van der Waals surface area contributed by atoms with Gasteiger partial charge in [-0.3, -0.25) is 9.59 Å². The van der Waals surface area contributed by atoms with Crippen molar-refractivity contribution in [2.24, 2.45) is 11.8 Å². The maximum absolute atomic E-state index is 12.3. The zero-order valence-electron chi connectivity index (χ0n) is 44.6. The average molecular weight is 1190 g/mol. The second kappa shape index (κ2) is 35.4. The molecule has 2 aromatic heterocycles. The number of nitrogens with zero attached hydrogens (tertiary/aromatic N) is 7. The van der Waals surface area contributed by atoms with Crippen molar-refractivity contribution in [1.82, 2.24) is 30.2 Å². The summed E-state index contributed by atoms with van der Waals surface area (Å²) in [5, 5.41) is 21.5. The molecule has 0 unspecified atom stereocenters. The molecular weight excluding hydrogens is 1110 g/mol. The zero-order valence-corrected chi connectivity index (χ0v) is 48.2. The van der Waals surface area contributed by atoms with E-state index in [0.717, 1.165) is 117 Å². The van der Waals surface area contributed by atoms with E-state index < -0.39 is 23.6 Å². The number of nitrogens with two attached hydrogens (primary N) is 1. The quantitative estimate of drug-likeness (QED) is 0.0523. The van der Waals surface area contributed by atoms with E-state index in [2.05, 4.69) is 75.3 Å². The van der Waals surface area contributed by atoms with E-state index in [1.165, 1.54) is 16.3 Å². The predicted octanol–water partition coefficient (Wildman–Crippen LogP) is 9.87. The largest absolute Gasteiger partial charge is 0.481 e. The number of aromatic nitrogens is 4. The standard InChI is InChI=1S/C25H28N6O2.C20H21N5O.C10H17NO4.2CH4.B.2ClH.2H2S/c32-24(19-9-11-26-17-19)28-20-3-1-18(2-4-20)23-10-12-27-25(30-23)29-21-5-7-22(8-6-21)31-13-15-33-16-14-31;21-16-3-1-15(2-4-16)19-9-10-22-20(24-19)23-17-5-7-18(8-6-17)25-11-13-26-14-12-25;1-10(2,3)15-9(14)11-5-4-7(6-11)8(12)13;;;;;;;/h1-8,10,12,19,26H,9,11,13-17H2,(H,28,32)(H,27,29,30);1-10H,11-14,21H2,(H,22,23,24);7H,4-6H2,1-3H3,(H,12,13);2*1H4;;2*1H;2*1H2/t19-;;7-;;;;;;;/m0.0......./s1. The van der Waals surface area contributed by atoms with Gasteiger partial charge in [-0.15, -0.1) is 24.8 Å². The van der Waals surface area contributed by atoms with E-state index in [-0.39, 0.29) is 93.4 Å². The van der Waals surface area contributed by atoms with Crippen LogP contribution in [0.4, 0.5) is 50.8 Å². The van der Waals surface area contributed by atoms with Crippen molar-refractivity contribution in [3.8, 4) is 22.5 Å². The van der Waals surface area contributed by atoms with Crippen LogP contribution in [0, 0.1) is 11.8 Å². The number of carboxylic acids is 1. The number of halogens is 2. The highest BCUT2D eigenvalue weighted by molar-refractivity contribution is 7.59. The third kappa shape index (κ3) is 22.0. The Bertz CT molecular complexity index is 2790. The number of benzene rings is 4. The van der Waals surface area contributed by atoms with Crippen LogP contribution in [-0.4, -0.2) is 141 Å². The third-order valence-electron chi connectivity index (χ3n) is 12.6. The van der Waals surface area contributed by atoms with Gasteiger partial charge in [-0.05, 0) is 125 Å². The molecule has 24 heteroatoms. The van der Waals surface area contributed by atoms with Gasteiger partial charge in [-0.2, -0.15) is 27.0 Å². The maximum atomic E-state index is 12.3. The smallest absolute Gasteiger partial charge is 0.410 e. The number of carbonyl (C=O) groups excluding carboxylic acids is 2. The molecule has 0 bridgehead atoms. The van der Waals surface area contributed by atoms with Gasteiger partial charge in [0.05, 0.1) is 49.7 Å². The lowest BCUT2D eigenvalue weighted by molar-refractivity contribution is -0.141. The topological polar surface area (TPSA) is 235 Å². The minimum absolute atomic E-state index is 0. The van der Waals surface area contributed by atoms with Crippen LogP contribution >= 0.6 is 51.8 Å². The van der Waals surface area contributed by atoms with Crippen molar-refractivity contribution < 1.29 is 33.7 Å². The number of nitrogen functional groups attached to an aromatic ring is 1. The first-order valence-electron chi connectivity index (χ1n) is 25.1. The Kier molecular flexibility index (Phi) is 31.6. The van der Waals surface area contributed by atoms with Gasteiger partial charge in [0, 0.05) is 112 Å². The van der Waals surface area contributed by atoms with Crippen LogP contribution in [0.1, 0.15) is 48.5 Å². The number of hydrogen-bond donors (Lipinski definition) is 6. The number of hydrogen-bond acceptors (Lipinski definition) is 16. The van der Waals surface area contributed by atoms with Gasteiger partial charge in [0.25, 0.3) is 0 Å². The first kappa shape index (κ1) is 72.5. The molecule has 3 radical (unpaired) electrons. The Morgan fingerprint density at radius 1 is 0.642 bits per heavy atom. The second-order valence-electron chi connectivity index (χ2n) is 19.2. The van der Waals surface area contributed by atoms with E-state index in [0.29, 0.717) is 24.9 Å². The number of likely N-dealkylation sites (tertiary alicyclic amines) is 1. The third-order valence-corrected chi connectivity index (χ3v) is 12.6. The highest BCUT2D eigenvalue weighted by Crippen LogP contribution is 2.26. The predicted molar refractivity (Wildman–Crippen MR) is 342 cm³/mol. The summed E-state index contributed by atoms with van der Waals surface area (Å²) in [5.41, 5.74) is 14.7. The Hall–Kier alpha value is -6.53. The van der Waals surface area contributed by atoms with Crippen molar-refractivity contribution >= 4 is 124 Å². The minimum atomic E-state index is -0.846. The molecule has 2 amide bonds. The van der Waals surface area contributed by atoms with Crippen LogP contribution in [0.2, 0.25) is 0 Å². The molecule has 4 aliphatic heterocycles. The molecule has 6 aromatic rings. The Morgan fingerprint density at radius 3 is 1.49 bits per heavy atom. The highest BCUT2D eigenvalue weighted by atomic mass is 35.5. The summed E-state index contributed by atoms with van der Waals surface area (Å²) in [5.74, 6) is -0.0706. The van der Waals surface area contributed by atoms with E-state index >= 15 is 0 Å². The fourth-order valence-electron chi connectivity index (χ4n) is 8.53. The second-order valence-corrected chi connectivity index (χ2v) is 19.2. The maximum Gasteiger partial charge on any atom is 0.410 e. The van der Waals surface area contributed by atoms with Gasteiger partial charge in [0.2, 0.25) is 17.8 Å². The monoisotopic (exact) mass is 1190 g/mol. The van der Waals surface area contributed by atoms with Gasteiger partial charge in [-0.25, -0.2) is 24.7 Å². The number of aliphatic carboxylic acids is 1. The van der Waals surface area contributed by atoms with Crippen molar-refractivity contribution in [2.75, 3.05) is 110 Å². The van der Waals surface area contributed by atoms with Crippen molar-refractivity contribution in [1.29, 1.82) is 0 Å². The average Bonchev–Trinajstić information content (AvgIpc) is 4.16. The van der Waals surface area contributed by atoms with Crippen molar-refractivity contribution in [3.63, 3.8) is 0 Å². The molecule has 4 aliphatic rings. The van der Waals surface area contributed by atoms with Crippen LogP contribution < -0.4 is 36.8 Å². The van der Waals surface area contributed by atoms with E-state index in [1.807, 2.05) is 84.9 Å². The number of carbonyl (C=O) groups is 3. The number of carboxylic acid groups (broad SMARTS) is 1. The number of amides is 2. The molecule has 0 saturated carbocycles. The van der Waals surface area contributed by atoms with E-state index in [1.54, 1.807) is 33.2 Å². The van der Waals surface area contributed by atoms with Crippen molar-refractivity contribution in [3.05, 3.63) is 122 Å². The lowest BCUT2D eigenvalue weighted by Crippen LogP contribution is -2.36. The van der Waals surface area contributed by atoms with Crippen LogP contribution in [-0.2, 0) is 23.8 Å². The number of anilines is 8. The number of rotatable bonds is 11. The summed E-state index contributed by atoms with van der Waals surface area (Å²) in [6, 6.07) is 35.8. The van der Waals surface area contributed by atoms with Gasteiger partial charge in [0.1, 0.15) is 5.60 Å². The molecule has 2 atom stereocenters. The summed E-state index contributed by atoms with van der Waals surface area (Å²) >= 11 is 0. The molecule has 4 aromatic carbocycles. The molecular formula is C57H80BCl2N12O7S2. The van der Waals surface area contributed by atoms with E-state index in [9.17, 15) is 14.4 Å². The molecule has 19 nitrogen and oxygen atoms in total. The Balaban J connectivity index is 0.000000618. The first-order chi connectivity index (χ1) is 35.8. The summed E-state index contributed by atoms with van der Waals surface area (Å²) < 4.78 is 16.0. The molecule has 81 heavy (non-hydrogen) atoms. The highest BCUT2D eigenvalue weighted by Gasteiger charge is 2.33. The van der Waals surface area contributed by atoms with Crippen LogP contribution in [0.3, 0.4) is 0 Å². The molecule has 439 valence electrons. The SMILES string of the molecule is C.C.CC(C)(C)OC(=O)N1CC[C@H](C(=O)O)C1.Cl.Cl.Nc1ccc(-c2ccnc(Nc3ccc(N4CCOCC4)cc3)n2)cc1.O=C(Nc1ccc(-c2ccnc(Nc3ccc(N4CCOCC4)cc3)n2)cc1)[C@H]1CCNC1.S.S.[B]. The molecule has 0 aliphatic carbocycles. The molecule has 4 fully saturated rings. The molecule has 7 N–H and O–H groups in total. The summed E-state index contributed by atoms with van der Waals surface area (Å²) in [7, 11) is 0. The lowest BCUT2D eigenvalue weighted by Gasteiger charge is -2.28. The summed E-state index contributed by atoms with van der Waals surface area (Å²) in [6.07, 6.45) is 4.47. The molecule has 0 spiro atoms. The molecule has 10 rings (SSSR count). The fourth-order valence-corrected chi connectivity index (χ4v) is 8.53. The Labute approximate surface area is 505 Å². The normalized spacial score (nSPS) is 16.0. The summed E-state index contributed by atoms with van der Waals surface area (Å²) in [6.45, 7) is 14.5. The van der Waals surface area contributed by atoms with Crippen molar-refractivity contribution in [2.45, 2.75) is 54.1 Å². The van der Waals surface area contributed by atoms with Gasteiger partial charge >= 0.3 is 12.1 Å². The lowest BCUT2D eigenvalue weighted by atomic mass is 10.1. The number of ether oxygens (including phenoxy) is 3. The minimum Gasteiger partial charge on any atom is -0.481 e. The van der Waals surface area contributed by atoms with E-state index in [4.69, 9.17) is 25.1 Å². The Morgan fingerprint density at radius 2 is 1.09 bits per heavy atom. The van der Waals surface area contributed by atoms with Gasteiger partial charge in [-0.1, -0.05) is 39.1 Å². The molecule has 4 saturated heterocycles. The van der Waals surface area contributed by atoms with Crippen LogP contribution in [0.5, 0.6) is 0 Å². The van der Waals surface area contributed by atoms with Gasteiger partial charge < -0.3 is 61.0 Å². The van der Waals surface area contributed by atoms with Crippen LogP contribution in [0.25, 0.3) is 22.5 Å². The summed E-state index contributed by atoms with van der Waals surface area (Å²) in [4.78, 5) is 58.5.